The second-order valence-electron chi connectivity index (χ2n) is 4.00. The summed E-state index contributed by atoms with van der Waals surface area (Å²) in [6.45, 7) is 0. The molecule has 0 radical (unpaired) electrons. The molecule has 2 heterocycles. The van der Waals surface area contributed by atoms with Crippen LogP contribution in [-0.2, 0) is 11.2 Å². The molecule has 1 aliphatic heterocycles. The van der Waals surface area contributed by atoms with Gasteiger partial charge in [0.15, 0.2) is 5.89 Å². The van der Waals surface area contributed by atoms with E-state index in [0.717, 1.165) is 22.7 Å². The van der Waals surface area contributed by atoms with Gasteiger partial charge in [-0.2, -0.15) is 0 Å². The predicted molar refractivity (Wildman–Crippen MR) is 73.5 cm³/mol. The molecule has 5 nitrogen and oxygen atoms in total. The van der Waals surface area contributed by atoms with Crippen LogP contribution < -0.4 is 5.32 Å². The van der Waals surface area contributed by atoms with Crippen LogP contribution in [0.4, 0.5) is 4.79 Å². The zero-order valence-corrected chi connectivity index (χ0v) is 11.2. The Morgan fingerprint density at radius 3 is 2.89 bits per heavy atom. The number of amides is 2. The number of benzene rings is 1. The Hall–Kier alpha value is -1.73. The summed E-state index contributed by atoms with van der Waals surface area (Å²) in [6.07, 6.45) is 0.247. The molecule has 0 aliphatic carbocycles. The van der Waals surface area contributed by atoms with E-state index in [2.05, 4.69) is 10.3 Å². The van der Waals surface area contributed by atoms with Gasteiger partial charge in [-0.25, -0.2) is 4.98 Å². The third kappa shape index (κ3) is 2.39. The van der Waals surface area contributed by atoms with Crippen LogP contribution in [0.15, 0.2) is 28.7 Å². The highest BCUT2D eigenvalue weighted by atomic mass is 32.2. The first-order valence-electron chi connectivity index (χ1n) is 5.54. The second-order valence-corrected chi connectivity index (χ2v) is 5.55. The lowest BCUT2D eigenvalue weighted by molar-refractivity contribution is -0.119. The van der Waals surface area contributed by atoms with Crippen molar-refractivity contribution in [3.63, 3.8) is 0 Å². The van der Waals surface area contributed by atoms with E-state index in [4.69, 9.17) is 16.6 Å². The fourth-order valence-corrected chi connectivity index (χ4v) is 2.92. The Kier molecular flexibility index (Phi) is 3.08. The van der Waals surface area contributed by atoms with Crippen LogP contribution in [0, 0.1) is 4.71 Å². The lowest BCUT2D eigenvalue weighted by Crippen LogP contribution is -2.25. The van der Waals surface area contributed by atoms with Gasteiger partial charge < -0.3 is 4.42 Å². The molecule has 1 N–H and O–H groups in total. The number of hydrogen-bond donors (Lipinski definition) is 1. The van der Waals surface area contributed by atoms with Gasteiger partial charge >= 0.3 is 0 Å². The van der Waals surface area contributed by atoms with Crippen LogP contribution in [0.25, 0.3) is 10.9 Å². The monoisotopic (exact) mass is 292 g/mol. The minimum Gasteiger partial charge on any atom is -0.431 e. The highest BCUT2D eigenvalue weighted by molar-refractivity contribution is 8.15. The summed E-state index contributed by atoms with van der Waals surface area (Å²) in [5, 5.41) is 2.15. The molecular formula is C12H8N2O3S2. The highest BCUT2D eigenvalue weighted by Crippen LogP contribution is 2.23. The number of hydrogen-bond acceptors (Lipinski definition) is 6. The molecule has 1 aliphatic rings. The van der Waals surface area contributed by atoms with Gasteiger partial charge in [0.05, 0.1) is 10.9 Å². The molecule has 0 spiro atoms. The van der Waals surface area contributed by atoms with Gasteiger partial charge in [-0.1, -0.05) is 23.9 Å². The molecular weight excluding hydrogens is 284 g/mol. The van der Waals surface area contributed by atoms with Crippen molar-refractivity contribution in [2.24, 2.45) is 0 Å². The molecule has 0 saturated carbocycles. The first-order chi connectivity index (χ1) is 9.13. The summed E-state index contributed by atoms with van der Waals surface area (Å²) in [5.74, 6) is 0.0529. The fourth-order valence-electron chi connectivity index (χ4n) is 1.84. The largest absolute Gasteiger partial charge is 0.431 e. The summed E-state index contributed by atoms with van der Waals surface area (Å²) < 4.78 is 5.78. The van der Waals surface area contributed by atoms with E-state index >= 15 is 0 Å². The minimum atomic E-state index is -0.501. The number of nitrogens with one attached hydrogen (secondary N) is 1. The molecule has 0 bridgehead atoms. The molecule has 1 atom stereocenters. The van der Waals surface area contributed by atoms with E-state index in [-0.39, 0.29) is 17.6 Å². The smallest absolute Gasteiger partial charge is 0.286 e. The molecule has 1 aromatic heterocycles. The van der Waals surface area contributed by atoms with Crippen molar-refractivity contribution < 1.29 is 14.0 Å². The zero-order valence-electron chi connectivity index (χ0n) is 9.58. The van der Waals surface area contributed by atoms with E-state index in [0.29, 0.717) is 10.6 Å². The predicted octanol–water partition coefficient (Wildman–Crippen LogP) is 2.45. The maximum atomic E-state index is 11.5. The van der Waals surface area contributed by atoms with Crippen LogP contribution in [0.1, 0.15) is 5.89 Å². The maximum Gasteiger partial charge on any atom is 0.286 e. The Labute approximate surface area is 117 Å². The van der Waals surface area contributed by atoms with Gasteiger partial charge in [0.2, 0.25) is 10.6 Å². The van der Waals surface area contributed by atoms with Crippen molar-refractivity contribution in [3.8, 4) is 0 Å². The van der Waals surface area contributed by atoms with Crippen LogP contribution in [0.5, 0.6) is 0 Å². The van der Waals surface area contributed by atoms with Crippen molar-refractivity contribution in [3.05, 3.63) is 34.9 Å². The molecule has 2 aromatic rings. The highest BCUT2D eigenvalue weighted by Gasteiger charge is 2.32. The summed E-state index contributed by atoms with van der Waals surface area (Å²) in [4.78, 5) is 26.9. The number of rotatable bonds is 2. The average molecular weight is 292 g/mol. The summed E-state index contributed by atoms with van der Waals surface area (Å²) in [6, 6.07) is 7.37. The minimum absolute atomic E-state index is 0.247. The number of carbonyl (C=O) groups excluding carboxylic acids is 2. The summed E-state index contributed by atoms with van der Waals surface area (Å²) in [5.41, 5.74) is 0.725. The number of imide groups is 1. The Morgan fingerprint density at radius 2 is 2.16 bits per heavy atom. The van der Waals surface area contributed by atoms with E-state index < -0.39 is 5.25 Å². The standard InChI is InChI=1S/C12H8N2O3S2/c15-10-8(19-12(16)14-10)5-9-13-7-4-2-1-3-6(7)11(18)17-9/h1-4,8H,5H2,(H,14,15,16). The van der Waals surface area contributed by atoms with Crippen molar-refractivity contribution in [1.29, 1.82) is 0 Å². The van der Waals surface area contributed by atoms with Crippen LogP contribution in [0.2, 0.25) is 0 Å². The molecule has 3 rings (SSSR count). The van der Waals surface area contributed by atoms with Gasteiger partial charge in [-0.15, -0.1) is 0 Å². The van der Waals surface area contributed by atoms with Crippen LogP contribution >= 0.6 is 24.0 Å². The third-order valence-corrected chi connectivity index (χ3v) is 3.99. The Balaban J connectivity index is 1.96. The first-order valence-corrected chi connectivity index (χ1v) is 6.82. The Morgan fingerprint density at radius 1 is 1.37 bits per heavy atom. The molecule has 2 amide bonds. The SMILES string of the molecule is O=C1NC(=O)C(Cc2nc3ccccc3c(=S)o2)S1. The molecule has 7 heteroatoms. The Bertz CT molecular complexity index is 741. The number of fused-ring (bicyclic) bond motifs is 1. The van der Waals surface area contributed by atoms with Crippen molar-refractivity contribution in [1.82, 2.24) is 10.3 Å². The van der Waals surface area contributed by atoms with Crippen molar-refractivity contribution in [2.45, 2.75) is 11.7 Å². The number of aromatic nitrogens is 1. The number of thioether (sulfide) groups is 1. The van der Waals surface area contributed by atoms with Gasteiger partial charge in [0.25, 0.3) is 5.24 Å². The first kappa shape index (κ1) is 12.3. The number of para-hydroxylation sites is 1. The van der Waals surface area contributed by atoms with Gasteiger partial charge in [-0.3, -0.25) is 14.9 Å². The maximum absolute atomic E-state index is 11.5. The van der Waals surface area contributed by atoms with Crippen LogP contribution in [-0.4, -0.2) is 21.4 Å². The molecule has 1 unspecified atom stereocenters. The molecule has 1 fully saturated rings. The lowest BCUT2D eigenvalue weighted by atomic mass is 10.2. The molecule has 96 valence electrons. The van der Waals surface area contributed by atoms with Gasteiger partial charge in [0.1, 0.15) is 5.25 Å². The zero-order chi connectivity index (χ0) is 13.4. The van der Waals surface area contributed by atoms with E-state index in [1.807, 2.05) is 24.3 Å². The van der Waals surface area contributed by atoms with Crippen molar-refractivity contribution in [2.75, 3.05) is 0 Å². The van der Waals surface area contributed by atoms with E-state index in [1.54, 1.807) is 0 Å². The fraction of sp³-hybridized carbons (Fsp3) is 0.167. The normalized spacial score (nSPS) is 18.8. The van der Waals surface area contributed by atoms with E-state index in [9.17, 15) is 9.59 Å². The van der Waals surface area contributed by atoms with Gasteiger partial charge in [0, 0.05) is 6.42 Å². The van der Waals surface area contributed by atoms with Gasteiger partial charge in [-0.05, 0) is 24.4 Å². The number of nitrogens with zero attached hydrogens (tertiary/aromatic N) is 1. The molecule has 1 saturated heterocycles. The van der Waals surface area contributed by atoms with Crippen molar-refractivity contribution >= 4 is 46.0 Å². The second kappa shape index (κ2) is 4.75. The average Bonchev–Trinajstić information content (AvgIpc) is 2.68. The molecule has 1 aromatic carbocycles. The van der Waals surface area contributed by atoms with Crippen LogP contribution in [0.3, 0.4) is 0 Å². The number of carbonyl (C=O) groups is 2. The quantitative estimate of drug-likeness (QED) is 0.857. The summed E-state index contributed by atoms with van der Waals surface area (Å²) >= 11 is 6.10. The third-order valence-electron chi connectivity index (χ3n) is 2.71. The molecule has 19 heavy (non-hydrogen) atoms. The van der Waals surface area contributed by atoms with E-state index in [1.165, 1.54) is 0 Å². The summed E-state index contributed by atoms with van der Waals surface area (Å²) in [7, 11) is 0. The lowest BCUT2D eigenvalue weighted by Gasteiger charge is -2.04. The topological polar surface area (TPSA) is 72.2 Å².